The van der Waals surface area contributed by atoms with Gasteiger partial charge < -0.3 is 9.80 Å². The minimum atomic E-state index is -0.205. The summed E-state index contributed by atoms with van der Waals surface area (Å²) in [5.74, 6) is 1.66. The molecule has 0 amide bonds. The molecule has 0 N–H and O–H groups in total. The highest BCUT2D eigenvalue weighted by molar-refractivity contribution is 5.68. The first kappa shape index (κ1) is 26.1. The maximum Gasteiger partial charge on any atom is 0.154 e. The van der Waals surface area contributed by atoms with E-state index in [-0.39, 0.29) is 11.9 Å². The molecule has 6 heterocycles. The Morgan fingerprint density at radius 1 is 0.744 bits per heavy atom. The molecule has 0 spiro atoms. The number of piperidine rings is 1. The van der Waals surface area contributed by atoms with Gasteiger partial charge in [-0.25, -0.2) is 23.9 Å². The van der Waals surface area contributed by atoms with Gasteiger partial charge in [0, 0.05) is 31.4 Å². The van der Waals surface area contributed by atoms with Crippen molar-refractivity contribution in [3.05, 3.63) is 102 Å². The normalized spacial score (nSPS) is 18.9. The van der Waals surface area contributed by atoms with Crippen LogP contribution in [0.3, 0.4) is 0 Å². The zero-order valence-corrected chi connectivity index (χ0v) is 24.2. The Balaban J connectivity index is 1.07. The van der Waals surface area contributed by atoms with Gasteiger partial charge >= 0.3 is 0 Å². The average molecular weight is 572 g/mol. The molecule has 1 unspecified atom stereocenters. The highest BCUT2D eigenvalue weighted by Gasteiger charge is 2.28. The lowest BCUT2D eigenvalue weighted by Gasteiger charge is -2.33. The van der Waals surface area contributed by atoms with Crippen LogP contribution in [0.4, 0.5) is 16.0 Å². The summed E-state index contributed by atoms with van der Waals surface area (Å²) in [5.41, 5.74) is 8.74. The molecule has 216 valence electrons. The zero-order chi connectivity index (χ0) is 28.8. The molecule has 3 fully saturated rings. The molecule has 8 heteroatoms. The Hall–Kier alpha value is -4.59. The number of benzene rings is 1. The second kappa shape index (κ2) is 10.9. The van der Waals surface area contributed by atoms with E-state index in [0.29, 0.717) is 0 Å². The number of rotatable bonds is 5. The third-order valence-corrected chi connectivity index (χ3v) is 9.33. The number of anilines is 2. The van der Waals surface area contributed by atoms with Gasteiger partial charge in [0.25, 0.3) is 0 Å². The summed E-state index contributed by atoms with van der Waals surface area (Å²) in [4.78, 5) is 19.1. The van der Waals surface area contributed by atoms with Gasteiger partial charge in [0.2, 0.25) is 0 Å². The molecule has 4 aromatic heterocycles. The summed E-state index contributed by atoms with van der Waals surface area (Å²) in [6.45, 7) is 2.92. The van der Waals surface area contributed by atoms with Crippen molar-refractivity contribution in [2.45, 2.75) is 51.0 Å². The van der Waals surface area contributed by atoms with Gasteiger partial charge in [-0.05, 0) is 99.0 Å². The average Bonchev–Trinajstić information content (AvgIpc) is 3.68. The number of halogens is 1. The maximum absolute atomic E-state index is 14.0. The van der Waals surface area contributed by atoms with Crippen molar-refractivity contribution in [2.75, 3.05) is 29.4 Å². The van der Waals surface area contributed by atoms with Gasteiger partial charge in [0.1, 0.15) is 23.1 Å². The van der Waals surface area contributed by atoms with Gasteiger partial charge in [-0.15, -0.1) is 5.10 Å². The number of pyridine rings is 2. The van der Waals surface area contributed by atoms with Gasteiger partial charge in [-0.2, -0.15) is 0 Å². The third kappa shape index (κ3) is 4.94. The van der Waals surface area contributed by atoms with Crippen LogP contribution in [0.25, 0.3) is 28.3 Å². The first-order valence-electron chi connectivity index (χ1n) is 15.4. The van der Waals surface area contributed by atoms with E-state index < -0.39 is 0 Å². The van der Waals surface area contributed by atoms with E-state index in [4.69, 9.17) is 15.1 Å². The second-order valence-electron chi connectivity index (χ2n) is 11.9. The number of allylic oxidation sites excluding steroid dienone is 1. The van der Waals surface area contributed by atoms with E-state index >= 15 is 0 Å². The predicted octanol–water partition coefficient (Wildman–Crippen LogP) is 7.41. The molecule has 3 aliphatic rings. The summed E-state index contributed by atoms with van der Waals surface area (Å²) in [7, 11) is 0. The molecule has 5 aromatic rings. The minimum Gasteiger partial charge on any atom is -0.356 e. The molecule has 43 heavy (non-hydrogen) atoms. The summed E-state index contributed by atoms with van der Waals surface area (Å²) >= 11 is 0. The van der Waals surface area contributed by atoms with Crippen LogP contribution < -0.4 is 9.80 Å². The standard InChI is InChI=1S/C35H34FN7/c36-28-8-2-7-27(21-28)31-11-4-18-42(31)34-13-12-33-38-23-32(43(33)40-34)30-10-3-9-29(39-30)26-14-17-37-35(22-26)41-19-15-25(16-20-41)24-5-1-6-24/h2-3,7-10,12-14,17,21-23,31H,1,4-6,11,15-16,18-20H2. The number of imidazole rings is 1. The lowest BCUT2D eigenvalue weighted by molar-refractivity contribution is 0.599. The van der Waals surface area contributed by atoms with Crippen molar-refractivity contribution in [1.29, 1.82) is 0 Å². The van der Waals surface area contributed by atoms with E-state index in [9.17, 15) is 4.39 Å². The maximum atomic E-state index is 14.0. The molecule has 2 aliphatic heterocycles. The minimum absolute atomic E-state index is 0.0938. The first-order chi connectivity index (χ1) is 21.2. The first-order valence-corrected chi connectivity index (χ1v) is 15.4. The Bertz CT molecular complexity index is 1830. The van der Waals surface area contributed by atoms with E-state index in [1.807, 2.05) is 59.4 Å². The number of hydrogen-bond donors (Lipinski definition) is 0. The molecule has 2 saturated heterocycles. The number of nitrogens with zero attached hydrogens (tertiary/aromatic N) is 7. The third-order valence-electron chi connectivity index (χ3n) is 9.33. The van der Waals surface area contributed by atoms with Gasteiger partial charge in [-0.1, -0.05) is 29.3 Å². The molecule has 0 radical (unpaired) electrons. The smallest absolute Gasteiger partial charge is 0.154 e. The fourth-order valence-electron chi connectivity index (χ4n) is 6.85. The monoisotopic (exact) mass is 571 g/mol. The molecular formula is C35H34FN7. The van der Waals surface area contributed by atoms with Crippen LogP contribution in [0.1, 0.15) is 56.6 Å². The van der Waals surface area contributed by atoms with Crippen LogP contribution in [0.5, 0.6) is 0 Å². The van der Waals surface area contributed by atoms with Crippen molar-refractivity contribution in [2.24, 2.45) is 0 Å². The van der Waals surface area contributed by atoms with Crippen LogP contribution >= 0.6 is 0 Å². The second-order valence-corrected chi connectivity index (χ2v) is 11.9. The van der Waals surface area contributed by atoms with Gasteiger partial charge in [0.15, 0.2) is 5.65 Å². The zero-order valence-electron chi connectivity index (χ0n) is 24.2. The molecule has 8 rings (SSSR count). The van der Waals surface area contributed by atoms with Gasteiger partial charge in [0.05, 0.1) is 23.6 Å². The molecule has 7 nitrogen and oxygen atoms in total. The lowest BCUT2D eigenvalue weighted by atomic mass is 9.84. The van der Waals surface area contributed by atoms with Crippen molar-refractivity contribution in [3.8, 4) is 22.6 Å². The van der Waals surface area contributed by atoms with E-state index in [1.54, 1.807) is 23.3 Å². The van der Waals surface area contributed by atoms with Crippen molar-refractivity contribution < 1.29 is 4.39 Å². The number of fused-ring (bicyclic) bond motifs is 1. The topological polar surface area (TPSA) is 62.5 Å². The van der Waals surface area contributed by atoms with Crippen LogP contribution in [-0.2, 0) is 0 Å². The SMILES string of the molecule is Fc1cccc(C2CCCN2c2ccc3ncc(-c4cccc(-c5ccnc(N6CCC(=C7CCC7)CC6)c5)n4)n3n2)c1. The van der Waals surface area contributed by atoms with Crippen LogP contribution in [0, 0.1) is 5.82 Å². The summed E-state index contributed by atoms with van der Waals surface area (Å²) in [6, 6.07) is 21.3. The van der Waals surface area contributed by atoms with Crippen LogP contribution in [-0.4, -0.2) is 44.2 Å². The summed E-state index contributed by atoms with van der Waals surface area (Å²) in [5, 5.41) is 5.02. The van der Waals surface area contributed by atoms with E-state index in [1.165, 1.54) is 25.3 Å². The largest absolute Gasteiger partial charge is 0.356 e. The van der Waals surface area contributed by atoms with E-state index in [0.717, 1.165) is 90.8 Å². The Morgan fingerprint density at radius 2 is 1.58 bits per heavy atom. The Morgan fingerprint density at radius 3 is 2.42 bits per heavy atom. The summed E-state index contributed by atoms with van der Waals surface area (Å²) in [6.07, 6.45) is 12.0. The number of aromatic nitrogens is 5. The van der Waals surface area contributed by atoms with Crippen LogP contribution in [0.15, 0.2) is 90.3 Å². The highest BCUT2D eigenvalue weighted by atomic mass is 19.1. The lowest BCUT2D eigenvalue weighted by Crippen LogP contribution is -2.32. The molecule has 0 bridgehead atoms. The van der Waals surface area contributed by atoms with Gasteiger partial charge in [-0.3, -0.25) is 0 Å². The Labute approximate surface area is 250 Å². The van der Waals surface area contributed by atoms with E-state index in [2.05, 4.69) is 20.9 Å². The number of hydrogen-bond acceptors (Lipinski definition) is 6. The fourth-order valence-corrected chi connectivity index (χ4v) is 6.85. The fraction of sp³-hybridized carbons (Fsp3) is 0.314. The molecule has 1 saturated carbocycles. The van der Waals surface area contributed by atoms with Crippen molar-refractivity contribution >= 4 is 17.3 Å². The summed E-state index contributed by atoms with van der Waals surface area (Å²) < 4.78 is 15.9. The van der Waals surface area contributed by atoms with Crippen molar-refractivity contribution in [3.63, 3.8) is 0 Å². The molecular weight excluding hydrogens is 537 g/mol. The highest BCUT2D eigenvalue weighted by Crippen LogP contribution is 2.37. The van der Waals surface area contributed by atoms with Crippen LogP contribution in [0.2, 0.25) is 0 Å². The quantitative estimate of drug-likeness (QED) is 0.205. The molecule has 1 aromatic carbocycles. The molecule has 1 atom stereocenters. The van der Waals surface area contributed by atoms with Crippen molar-refractivity contribution in [1.82, 2.24) is 24.6 Å². The Kier molecular flexibility index (Phi) is 6.62. The molecule has 1 aliphatic carbocycles. The predicted molar refractivity (Wildman–Crippen MR) is 167 cm³/mol.